The van der Waals surface area contributed by atoms with Crippen molar-refractivity contribution in [2.75, 3.05) is 5.32 Å². The zero-order valence-electron chi connectivity index (χ0n) is 17.8. The highest BCUT2D eigenvalue weighted by molar-refractivity contribution is 7.99. The van der Waals surface area contributed by atoms with Gasteiger partial charge in [-0.1, -0.05) is 41.6 Å². The highest BCUT2D eigenvalue weighted by Crippen LogP contribution is 2.31. The SMILES string of the molecule is Cc1ccc(Sc2nccn3c(=O)n(CC(=O)Nc4cc(C)ccc4C)nc23)c(C)c1. The van der Waals surface area contributed by atoms with Crippen LogP contribution < -0.4 is 11.0 Å². The third-order valence-corrected chi connectivity index (χ3v) is 6.13. The van der Waals surface area contributed by atoms with E-state index in [1.807, 2.05) is 58.0 Å². The first kappa shape index (κ1) is 20.9. The van der Waals surface area contributed by atoms with Crippen LogP contribution in [0.3, 0.4) is 0 Å². The van der Waals surface area contributed by atoms with Gasteiger partial charge >= 0.3 is 5.69 Å². The van der Waals surface area contributed by atoms with Crippen LogP contribution in [-0.4, -0.2) is 25.1 Å². The van der Waals surface area contributed by atoms with Gasteiger partial charge in [-0.2, -0.15) is 0 Å². The number of hydrogen-bond donors (Lipinski definition) is 1. The van der Waals surface area contributed by atoms with Crippen molar-refractivity contribution in [2.45, 2.75) is 44.2 Å². The molecule has 7 nitrogen and oxygen atoms in total. The van der Waals surface area contributed by atoms with Crippen molar-refractivity contribution in [3.05, 3.63) is 81.5 Å². The van der Waals surface area contributed by atoms with Gasteiger partial charge < -0.3 is 5.32 Å². The molecule has 158 valence electrons. The standard InChI is InChI=1S/C23H23N5O2S/c1-14-6-8-19(17(4)11-14)31-22-21-26-28(23(30)27(21)10-9-24-22)13-20(29)25-18-12-15(2)5-7-16(18)3/h5-12H,13H2,1-4H3,(H,25,29). The van der Waals surface area contributed by atoms with Gasteiger partial charge in [0.25, 0.3) is 0 Å². The molecule has 0 atom stereocenters. The Morgan fingerprint density at radius 3 is 2.55 bits per heavy atom. The molecule has 0 aliphatic rings. The highest BCUT2D eigenvalue weighted by Gasteiger charge is 2.16. The molecule has 0 saturated carbocycles. The van der Waals surface area contributed by atoms with Crippen LogP contribution in [0.4, 0.5) is 5.69 Å². The highest BCUT2D eigenvalue weighted by atomic mass is 32.2. The monoisotopic (exact) mass is 433 g/mol. The van der Waals surface area contributed by atoms with E-state index in [2.05, 4.69) is 21.5 Å². The Labute approximate surface area is 184 Å². The minimum Gasteiger partial charge on any atom is -0.324 e. The van der Waals surface area contributed by atoms with Gasteiger partial charge in [-0.3, -0.25) is 4.79 Å². The molecule has 1 N–H and O–H groups in total. The molecule has 0 aliphatic heterocycles. The predicted molar refractivity (Wildman–Crippen MR) is 122 cm³/mol. The van der Waals surface area contributed by atoms with Crippen molar-refractivity contribution >= 4 is 29.0 Å². The normalized spacial score (nSPS) is 11.1. The number of hydrogen-bond acceptors (Lipinski definition) is 5. The number of amides is 1. The second-order valence-electron chi connectivity index (χ2n) is 7.60. The summed E-state index contributed by atoms with van der Waals surface area (Å²) in [7, 11) is 0. The lowest BCUT2D eigenvalue weighted by atomic mass is 10.1. The number of nitrogens with zero attached hydrogens (tertiary/aromatic N) is 4. The lowest BCUT2D eigenvalue weighted by Crippen LogP contribution is -2.28. The number of carbonyl (C=O) groups is 1. The number of rotatable bonds is 5. The van der Waals surface area contributed by atoms with Crippen LogP contribution in [0.25, 0.3) is 5.65 Å². The van der Waals surface area contributed by atoms with Crippen molar-refractivity contribution in [1.82, 2.24) is 19.2 Å². The maximum Gasteiger partial charge on any atom is 0.350 e. The van der Waals surface area contributed by atoms with E-state index in [0.29, 0.717) is 10.7 Å². The topological polar surface area (TPSA) is 81.3 Å². The number of aryl methyl sites for hydroxylation is 4. The summed E-state index contributed by atoms with van der Waals surface area (Å²) >= 11 is 1.45. The summed E-state index contributed by atoms with van der Waals surface area (Å²) in [6.45, 7) is 7.79. The maximum atomic E-state index is 12.8. The van der Waals surface area contributed by atoms with Gasteiger partial charge in [-0.05, 0) is 56.5 Å². The average molecular weight is 434 g/mol. The van der Waals surface area contributed by atoms with Crippen LogP contribution in [0.5, 0.6) is 0 Å². The summed E-state index contributed by atoms with van der Waals surface area (Å²) in [6, 6.07) is 12.0. The molecular weight excluding hydrogens is 410 g/mol. The first-order valence-corrected chi connectivity index (χ1v) is 10.7. The van der Waals surface area contributed by atoms with Crippen molar-refractivity contribution in [3.63, 3.8) is 0 Å². The molecule has 0 spiro atoms. The number of aromatic nitrogens is 4. The summed E-state index contributed by atoms with van der Waals surface area (Å²) in [5.74, 6) is -0.309. The molecule has 2 heterocycles. The summed E-state index contributed by atoms with van der Waals surface area (Å²) < 4.78 is 2.59. The fraction of sp³-hybridized carbons (Fsp3) is 0.217. The summed E-state index contributed by atoms with van der Waals surface area (Å²) in [4.78, 5) is 30.8. The molecule has 0 fully saturated rings. The Kier molecular flexibility index (Phi) is 5.65. The molecule has 4 rings (SSSR count). The third-order valence-electron chi connectivity index (χ3n) is 4.97. The van der Waals surface area contributed by atoms with Gasteiger partial charge in [0.05, 0.1) is 0 Å². The molecule has 8 heteroatoms. The van der Waals surface area contributed by atoms with E-state index in [1.54, 1.807) is 12.4 Å². The molecule has 0 saturated heterocycles. The summed E-state index contributed by atoms with van der Waals surface area (Å²) in [5.41, 5.74) is 5.09. The van der Waals surface area contributed by atoms with Gasteiger partial charge in [0.1, 0.15) is 11.6 Å². The lowest BCUT2D eigenvalue weighted by molar-refractivity contribution is -0.117. The third kappa shape index (κ3) is 4.39. The van der Waals surface area contributed by atoms with Gasteiger partial charge in [-0.25, -0.2) is 18.9 Å². The zero-order valence-corrected chi connectivity index (χ0v) is 18.7. The largest absolute Gasteiger partial charge is 0.350 e. The molecule has 2 aromatic heterocycles. The van der Waals surface area contributed by atoms with Gasteiger partial charge in [-0.15, -0.1) is 5.10 Å². The van der Waals surface area contributed by atoms with E-state index in [9.17, 15) is 9.59 Å². The first-order valence-electron chi connectivity index (χ1n) is 9.88. The summed E-state index contributed by atoms with van der Waals surface area (Å²) in [5, 5.41) is 7.88. The fourth-order valence-corrected chi connectivity index (χ4v) is 4.22. The smallest absolute Gasteiger partial charge is 0.324 e. The molecule has 0 bridgehead atoms. The summed E-state index contributed by atoms with van der Waals surface area (Å²) in [6.07, 6.45) is 3.14. The van der Waals surface area contributed by atoms with Gasteiger partial charge in [0.15, 0.2) is 5.65 Å². The zero-order chi connectivity index (χ0) is 22.1. The molecule has 0 aliphatic carbocycles. The van der Waals surface area contributed by atoms with E-state index in [4.69, 9.17) is 0 Å². The molecule has 31 heavy (non-hydrogen) atoms. The van der Waals surface area contributed by atoms with Crippen molar-refractivity contribution < 1.29 is 4.79 Å². The van der Waals surface area contributed by atoms with Crippen molar-refractivity contribution in [1.29, 1.82) is 0 Å². The number of nitrogens with one attached hydrogen (secondary N) is 1. The average Bonchev–Trinajstić information content (AvgIpc) is 3.03. The van der Waals surface area contributed by atoms with Crippen molar-refractivity contribution in [3.8, 4) is 0 Å². The van der Waals surface area contributed by atoms with Crippen molar-refractivity contribution in [2.24, 2.45) is 0 Å². The second-order valence-corrected chi connectivity index (χ2v) is 8.63. The van der Waals surface area contributed by atoms with Crippen LogP contribution in [0, 0.1) is 27.7 Å². The van der Waals surface area contributed by atoms with E-state index >= 15 is 0 Å². The van der Waals surface area contributed by atoms with E-state index in [-0.39, 0.29) is 18.1 Å². The van der Waals surface area contributed by atoms with Gasteiger partial charge in [0.2, 0.25) is 5.91 Å². The number of carbonyl (C=O) groups excluding carboxylic acids is 1. The molecule has 0 radical (unpaired) electrons. The maximum absolute atomic E-state index is 12.8. The molecule has 1 amide bonds. The van der Waals surface area contributed by atoms with Crippen LogP contribution in [0.15, 0.2) is 63.5 Å². The predicted octanol–water partition coefficient (Wildman–Crippen LogP) is 3.91. The van der Waals surface area contributed by atoms with Crippen LogP contribution >= 0.6 is 11.8 Å². The molecule has 2 aromatic carbocycles. The lowest BCUT2D eigenvalue weighted by Gasteiger charge is -2.09. The Hall–Kier alpha value is -3.39. The van der Waals surface area contributed by atoms with Crippen LogP contribution in [0.2, 0.25) is 0 Å². The Bertz CT molecular complexity index is 1360. The first-order chi connectivity index (χ1) is 14.8. The van der Waals surface area contributed by atoms with Crippen LogP contribution in [-0.2, 0) is 11.3 Å². The van der Waals surface area contributed by atoms with E-state index in [0.717, 1.165) is 27.3 Å². The fourth-order valence-electron chi connectivity index (χ4n) is 3.32. The number of anilines is 1. The van der Waals surface area contributed by atoms with E-state index in [1.165, 1.54) is 26.4 Å². The Morgan fingerprint density at radius 1 is 1.03 bits per heavy atom. The minimum atomic E-state index is -0.379. The second kappa shape index (κ2) is 8.39. The Morgan fingerprint density at radius 2 is 1.77 bits per heavy atom. The number of benzene rings is 2. The molecule has 0 unspecified atom stereocenters. The number of fused-ring (bicyclic) bond motifs is 1. The molecule has 4 aromatic rings. The Balaban J connectivity index is 1.62. The molecular formula is C23H23N5O2S. The quantitative estimate of drug-likeness (QED) is 0.516. The van der Waals surface area contributed by atoms with Crippen LogP contribution in [0.1, 0.15) is 22.3 Å². The minimum absolute atomic E-state index is 0.179. The van der Waals surface area contributed by atoms with E-state index < -0.39 is 0 Å². The van der Waals surface area contributed by atoms with Gasteiger partial charge in [0, 0.05) is 23.0 Å².